The molecule has 2 heteroatoms. The zero-order valence-electron chi connectivity index (χ0n) is 7.94. The summed E-state index contributed by atoms with van der Waals surface area (Å²) < 4.78 is 5.37. The lowest BCUT2D eigenvalue weighted by Crippen LogP contribution is -2.28. The molecule has 2 rings (SSSR count). The number of nitrogens with zero attached hydrogens (tertiary/aromatic N) is 1. The van der Waals surface area contributed by atoms with Crippen LogP contribution in [0.4, 0.5) is 0 Å². The van der Waals surface area contributed by atoms with E-state index in [1.165, 1.54) is 5.56 Å². The van der Waals surface area contributed by atoms with E-state index in [0.717, 1.165) is 19.8 Å². The van der Waals surface area contributed by atoms with Gasteiger partial charge < -0.3 is 4.74 Å². The van der Waals surface area contributed by atoms with Crippen LogP contribution in [0.3, 0.4) is 0 Å². The maximum Gasteiger partial charge on any atom is 0.0991 e. The average Bonchev–Trinajstić information content (AvgIpc) is 2.54. The molecule has 1 unspecified atom stereocenters. The van der Waals surface area contributed by atoms with E-state index >= 15 is 0 Å². The molecular weight excluding hydrogens is 162 g/mol. The van der Waals surface area contributed by atoms with Crippen molar-refractivity contribution in [2.75, 3.05) is 20.4 Å². The maximum atomic E-state index is 5.37. The van der Waals surface area contributed by atoms with Crippen LogP contribution in [0.1, 0.15) is 5.56 Å². The van der Waals surface area contributed by atoms with Gasteiger partial charge in [0.2, 0.25) is 0 Å². The van der Waals surface area contributed by atoms with Gasteiger partial charge in [-0.3, -0.25) is 4.90 Å². The van der Waals surface area contributed by atoms with E-state index in [9.17, 15) is 0 Å². The lowest BCUT2D eigenvalue weighted by molar-refractivity contribution is 0.153. The average molecular weight is 177 g/mol. The Morgan fingerprint density at radius 1 is 1.38 bits per heavy atom. The highest BCUT2D eigenvalue weighted by Crippen LogP contribution is 2.12. The van der Waals surface area contributed by atoms with Crippen molar-refractivity contribution in [3.8, 4) is 0 Å². The number of ether oxygens (including phenoxy) is 1. The molecule has 0 spiro atoms. The summed E-state index contributed by atoms with van der Waals surface area (Å²) in [6.07, 6.45) is 1.09. The summed E-state index contributed by atoms with van der Waals surface area (Å²) >= 11 is 0. The van der Waals surface area contributed by atoms with Crippen LogP contribution in [0.2, 0.25) is 0 Å². The number of hydrogen-bond donors (Lipinski definition) is 0. The molecule has 0 amide bonds. The fourth-order valence-corrected chi connectivity index (χ4v) is 1.67. The Morgan fingerprint density at radius 3 is 2.77 bits per heavy atom. The van der Waals surface area contributed by atoms with Gasteiger partial charge in [0.25, 0.3) is 0 Å². The molecule has 0 bridgehead atoms. The van der Waals surface area contributed by atoms with Crippen molar-refractivity contribution >= 4 is 0 Å². The number of rotatable bonds is 2. The summed E-state index contributed by atoms with van der Waals surface area (Å²) in [5.41, 5.74) is 1.39. The molecule has 1 aromatic rings. The highest BCUT2D eigenvalue weighted by molar-refractivity contribution is 5.16. The van der Waals surface area contributed by atoms with Crippen LogP contribution >= 0.6 is 0 Å². The first kappa shape index (κ1) is 8.73. The molecule has 0 saturated carbocycles. The zero-order valence-corrected chi connectivity index (χ0v) is 7.94. The molecule has 1 heterocycles. The highest BCUT2D eigenvalue weighted by Gasteiger charge is 2.21. The second-order valence-corrected chi connectivity index (χ2v) is 3.60. The summed E-state index contributed by atoms with van der Waals surface area (Å²) in [5, 5.41) is 0. The standard InChI is InChI=1S/C11H15NO/c1-12-9-13-8-11(12)7-10-5-3-2-4-6-10/h2-6,11H,7-9H2,1H3. The fourth-order valence-electron chi connectivity index (χ4n) is 1.67. The van der Waals surface area contributed by atoms with E-state index in [1.807, 2.05) is 0 Å². The van der Waals surface area contributed by atoms with E-state index in [4.69, 9.17) is 4.74 Å². The Kier molecular flexibility index (Phi) is 2.62. The van der Waals surface area contributed by atoms with Gasteiger partial charge in [0.15, 0.2) is 0 Å². The van der Waals surface area contributed by atoms with Gasteiger partial charge >= 0.3 is 0 Å². The number of benzene rings is 1. The summed E-state index contributed by atoms with van der Waals surface area (Å²) in [4.78, 5) is 2.26. The first-order chi connectivity index (χ1) is 6.36. The molecule has 0 aromatic heterocycles. The Morgan fingerprint density at radius 2 is 2.15 bits per heavy atom. The van der Waals surface area contributed by atoms with Crippen LogP contribution in [0.25, 0.3) is 0 Å². The summed E-state index contributed by atoms with van der Waals surface area (Å²) in [6.45, 7) is 1.64. The molecule has 2 nitrogen and oxygen atoms in total. The van der Waals surface area contributed by atoms with Gasteiger partial charge in [0.1, 0.15) is 0 Å². The Balaban J connectivity index is 1.98. The van der Waals surface area contributed by atoms with Crippen molar-refractivity contribution < 1.29 is 4.74 Å². The third kappa shape index (κ3) is 2.08. The normalized spacial score (nSPS) is 23.6. The SMILES string of the molecule is CN1COCC1Cc1ccccc1. The molecule has 1 aliphatic heterocycles. The van der Waals surface area contributed by atoms with E-state index in [0.29, 0.717) is 6.04 Å². The molecule has 13 heavy (non-hydrogen) atoms. The fraction of sp³-hybridized carbons (Fsp3) is 0.455. The lowest BCUT2D eigenvalue weighted by Gasteiger charge is -2.16. The zero-order chi connectivity index (χ0) is 9.10. The predicted octanol–water partition coefficient (Wildman–Crippen LogP) is 1.52. The van der Waals surface area contributed by atoms with Gasteiger partial charge in [0, 0.05) is 6.04 Å². The monoisotopic (exact) mass is 177 g/mol. The minimum absolute atomic E-state index is 0.558. The van der Waals surface area contributed by atoms with Crippen LogP contribution in [0.5, 0.6) is 0 Å². The van der Waals surface area contributed by atoms with E-state index in [1.54, 1.807) is 0 Å². The van der Waals surface area contributed by atoms with Gasteiger partial charge in [-0.15, -0.1) is 0 Å². The minimum Gasteiger partial charge on any atom is -0.364 e. The van der Waals surface area contributed by atoms with Gasteiger partial charge in [-0.05, 0) is 19.0 Å². The first-order valence-corrected chi connectivity index (χ1v) is 4.68. The van der Waals surface area contributed by atoms with Gasteiger partial charge in [-0.2, -0.15) is 0 Å². The molecule has 1 atom stereocenters. The summed E-state index contributed by atoms with van der Waals surface area (Å²) in [5.74, 6) is 0. The molecule has 1 fully saturated rings. The number of likely N-dealkylation sites (N-methyl/N-ethyl adjacent to an activating group) is 1. The van der Waals surface area contributed by atoms with Crippen LogP contribution < -0.4 is 0 Å². The van der Waals surface area contributed by atoms with Crippen LogP contribution in [0.15, 0.2) is 30.3 Å². The summed E-state index contributed by atoms with van der Waals surface area (Å²) in [7, 11) is 2.11. The third-order valence-electron chi connectivity index (χ3n) is 2.54. The summed E-state index contributed by atoms with van der Waals surface area (Å²) in [6, 6.07) is 11.1. The van der Waals surface area contributed by atoms with E-state index in [2.05, 4.69) is 42.3 Å². The highest BCUT2D eigenvalue weighted by atomic mass is 16.5. The molecule has 0 aliphatic carbocycles. The van der Waals surface area contributed by atoms with Crippen molar-refractivity contribution in [3.63, 3.8) is 0 Å². The molecule has 0 radical (unpaired) electrons. The van der Waals surface area contributed by atoms with Crippen LogP contribution in [-0.2, 0) is 11.2 Å². The lowest BCUT2D eigenvalue weighted by atomic mass is 10.1. The first-order valence-electron chi connectivity index (χ1n) is 4.68. The third-order valence-corrected chi connectivity index (χ3v) is 2.54. The van der Waals surface area contributed by atoms with Crippen molar-refractivity contribution in [2.45, 2.75) is 12.5 Å². The van der Waals surface area contributed by atoms with Crippen molar-refractivity contribution in [1.82, 2.24) is 4.90 Å². The second kappa shape index (κ2) is 3.90. The van der Waals surface area contributed by atoms with Crippen molar-refractivity contribution in [3.05, 3.63) is 35.9 Å². The molecule has 0 N–H and O–H groups in total. The number of hydrogen-bond acceptors (Lipinski definition) is 2. The van der Waals surface area contributed by atoms with Crippen molar-refractivity contribution in [2.24, 2.45) is 0 Å². The Bertz CT molecular complexity index is 260. The Hall–Kier alpha value is -0.860. The molecular formula is C11H15NO. The molecule has 1 saturated heterocycles. The van der Waals surface area contributed by atoms with Crippen LogP contribution in [0, 0.1) is 0 Å². The molecule has 1 aromatic carbocycles. The van der Waals surface area contributed by atoms with Gasteiger partial charge in [0.05, 0.1) is 13.3 Å². The van der Waals surface area contributed by atoms with Crippen LogP contribution in [-0.4, -0.2) is 31.3 Å². The minimum atomic E-state index is 0.558. The molecule has 1 aliphatic rings. The second-order valence-electron chi connectivity index (χ2n) is 3.60. The van der Waals surface area contributed by atoms with E-state index in [-0.39, 0.29) is 0 Å². The van der Waals surface area contributed by atoms with Gasteiger partial charge in [-0.25, -0.2) is 0 Å². The van der Waals surface area contributed by atoms with Gasteiger partial charge in [-0.1, -0.05) is 30.3 Å². The Labute approximate surface area is 79.1 Å². The topological polar surface area (TPSA) is 12.5 Å². The van der Waals surface area contributed by atoms with Crippen molar-refractivity contribution in [1.29, 1.82) is 0 Å². The quantitative estimate of drug-likeness (QED) is 0.679. The van der Waals surface area contributed by atoms with E-state index < -0.39 is 0 Å². The molecule has 70 valence electrons. The predicted molar refractivity (Wildman–Crippen MR) is 52.5 cm³/mol. The smallest absolute Gasteiger partial charge is 0.0991 e. The largest absolute Gasteiger partial charge is 0.364 e. The maximum absolute atomic E-state index is 5.37.